The summed E-state index contributed by atoms with van der Waals surface area (Å²) in [6.07, 6.45) is 0.966. The van der Waals surface area contributed by atoms with Crippen molar-refractivity contribution in [1.82, 2.24) is 0 Å². The summed E-state index contributed by atoms with van der Waals surface area (Å²) in [6.45, 7) is 6.02. The minimum Gasteiger partial charge on any atom is -0.197 e. The predicted molar refractivity (Wildman–Crippen MR) is 62.2 cm³/mol. The monoisotopic (exact) mass is 251 g/mol. The Morgan fingerprint density at radius 3 is 2.57 bits per heavy atom. The van der Waals surface area contributed by atoms with Gasteiger partial charge < -0.3 is 0 Å². The van der Waals surface area contributed by atoms with E-state index in [4.69, 9.17) is 5.26 Å². The Morgan fingerprint density at radius 1 is 1.43 bits per heavy atom. The molecule has 14 heavy (non-hydrogen) atoms. The molecule has 0 aliphatic rings. The first kappa shape index (κ1) is 11.3. The van der Waals surface area contributed by atoms with E-state index in [-0.39, 0.29) is 0 Å². The molecule has 1 aromatic carbocycles. The molecule has 0 bridgehead atoms. The van der Waals surface area contributed by atoms with Crippen molar-refractivity contribution in [2.45, 2.75) is 32.6 Å². The smallest absolute Gasteiger partial charge is 0.0769 e. The quantitative estimate of drug-likeness (QED) is 0.785. The number of benzene rings is 1. The van der Waals surface area contributed by atoms with Gasteiger partial charge in [0.05, 0.1) is 11.5 Å². The molecule has 0 atom stereocenters. The number of hydrogen-bond acceptors (Lipinski definition) is 1. The Bertz CT molecular complexity index is 374. The zero-order valence-electron chi connectivity index (χ0n) is 8.76. The van der Waals surface area contributed by atoms with Crippen LogP contribution in [-0.2, 0) is 11.8 Å². The van der Waals surface area contributed by atoms with Gasteiger partial charge in [0.1, 0.15) is 0 Å². The molecule has 0 saturated heterocycles. The van der Waals surface area contributed by atoms with E-state index >= 15 is 0 Å². The van der Waals surface area contributed by atoms with Crippen LogP contribution in [0.4, 0.5) is 0 Å². The summed E-state index contributed by atoms with van der Waals surface area (Å²) in [5, 5.41) is 9.09. The SMILES string of the molecule is CCc1ccc(Br)cc1C(C)(C)C#N. The van der Waals surface area contributed by atoms with Gasteiger partial charge in [0.15, 0.2) is 0 Å². The summed E-state index contributed by atoms with van der Waals surface area (Å²) in [6, 6.07) is 8.49. The van der Waals surface area contributed by atoms with Crippen LogP contribution in [0.15, 0.2) is 22.7 Å². The molecule has 0 radical (unpaired) electrons. The van der Waals surface area contributed by atoms with E-state index in [1.165, 1.54) is 5.56 Å². The van der Waals surface area contributed by atoms with E-state index in [0.717, 1.165) is 16.5 Å². The molecule has 0 aromatic heterocycles. The third kappa shape index (κ3) is 2.16. The molecule has 1 rings (SSSR count). The van der Waals surface area contributed by atoms with E-state index in [0.29, 0.717) is 0 Å². The molecule has 0 aliphatic carbocycles. The molecule has 0 heterocycles. The molecule has 1 aromatic rings. The fourth-order valence-electron chi connectivity index (χ4n) is 1.50. The van der Waals surface area contributed by atoms with Crippen molar-refractivity contribution in [3.63, 3.8) is 0 Å². The maximum absolute atomic E-state index is 9.09. The topological polar surface area (TPSA) is 23.8 Å². The Hall–Kier alpha value is -0.810. The summed E-state index contributed by atoms with van der Waals surface area (Å²) in [4.78, 5) is 0. The first-order valence-corrected chi connectivity index (χ1v) is 5.50. The third-order valence-corrected chi connectivity index (χ3v) is 2.90. The average molecular weight is 252 g/mol. The molecule has 0 fully saturated rings. The molecule has 0 spiro atoms. The Morgan fingerprint density at radius 2 is 2.07 bits per heavy atom. The standard InChI is InChI=1S/C12H14BrN/c1-4-9-5-6-10(13)7-11(9)12(2,3)8-14/h5-7H,4H2,1-3H3. The van der Waals surface area contributed by atoms with Crippen LogP contribution in [0.1, 0.15) is 31.9 Å². The van der Waals surface area contributed by atoms with Gasteiger partial charge in [-0.15, -0.1) is 0 Å². The number of aryl methyl sites for hydroxylation is 1. The minimum atomic E-state index is -0.408. The lowest BCUT2D eigenvalue weighted by Crippen LogP contribution is -2.16. The van der Waals surface area contributed by atoms with Gasteiger partial charge in [0.25, 0.3) is 0 Å². The first-order valence-electron chi connectivity index (χ1n) is 4.71. The Kier molecular flexibility index (Phi) is 3.34. The van der Waals surface area contributed by atoms with E-state index in [1.807, 2.05) is 26.0 Å². The minimum absolute atomic E-state index is 0.408. The van der Waals surface area contributed by atoms with Crippen molar-refractivity contribution < 1.29 is 0 Å². The maximum Gasteiger partial charge on any atom is 0.0769 e. The largest absolute Gasteiger partial charge is 0.197 e. The second-order valence-corrected chi connectivity index (χ2v) is 4.81. The third-order valence-electron chi connectivity index (χ3n) is 2.41. The lowest BCUT2D eigenvalue weighted by atomic mass is 9.82. The Labute approximate surface area is 93.9 Å². The second-order valence-electron chi connectivity index (χ2n) is 3.89. The number of hydrogen-bond donors (Lipinski definition) is 0. The highest BCUT2D eigenvalue weighted by Gasteiger charge is 2.22. The molecule has 0 N–H and O–H groups in total. The van der Waals surface area contributed by atoms with E-state index in [1.54, 1.807) is 0 Å². The van der Waals surface area contributed by atoms with E-state index in [2.05, 4.69) is 35.0 Å². The van der Waals surface area contributed by atoms with Gasteiger partial charge in [-0.05, 0) is 43.5 Å². The van der Waals surface area contributed by atoms with Crippen LogP contribution in [-0.4, -0.2) is 0 Å². The van der Waals surface area contributed by atoms with Crippen LogP contribution < -0.4 is 0 Å². The highest BCUT2D eigenvalue weighted by molar-refractivity contribution is 9.10. The summed E-state index contributed by atoms with van der Waals surface area (Å²) < 4.78 is 1.04. The fourth-order valence-corrected chi connectivity index (χ4v) is 1.86. The molecular weight excluding hydrogens is 238 g/mol. The average Bonchev–Trinajstić information content (AvgIpc) is 2.18. The molecule has 0 amide bonds. The highest BCUT2D eigenvalue weighted by Crippen LogP contribution is 2.28. The molecule has 1 nitrogen and oxygen atoms in total. The van der Waals surface area contributed by atoms with Gasteiger partial charge in [-0.2, -0.15) is 5.26 Å². The van der Waals surface area contributed by atoms with Gasteiger partial charge in [-0.1, -0.05) is 28.9 Å². The zero-order valence-corrected chi connectivity index (χ0v) is 10.4. The second kappa shape index (κ2) is 4.14. The van der Waals surface area contributed by atoms with Crippen molar-refractivity contribution in [3.05, 3.63) is 33.8 Å². The van der Waals surface area contributed by atoms with Gasteiger partial charge in [-0.3, -0.25) is 0 Å². The van der Waals surface area contributed by atoms with Crippen LogP contribution in [0.2, 0.25) is 0 Å². The fraction of sp³-hybridized carbons (Fsp3) is 0.417. The summed E-state index contributed by atoms with van der Waals surface area (Å²) in [5.41, 5.74) is 1.96. The first-order chi connectivity index (χ1) is 6.51. The molecule has 0 saturated carbocycles. The van der Waals surface area contributed by atoms with Crippen molar-refractivity contribution in [2.75, 3.05) is 0 Å². The number of halogens is 1. The molecule has 2 heteroatoms. The summed E-state index contributed by atoms with van der Waals surface area (Å²) >= 11 is 3.44. The van der Waals surface area contributed by atoms with Gasteiger partial charge in [0.2, 0.25) is 0 Å². The van der Waals surface area contributed by atoms with Gasteiger partial charge in [0, 0.05) is 4.47 Å². The summed E-state index contributed by atoms with van der Waals surface area (Å²) in [5.74, 6) is 0. The van der Waals surface area contributed by atoms with Crippen LogP contribution in [0, 0.1) is 11.3 Å². The van der Waals surface area contributed by atoms with E-state index < -0.39 is 5.41 Å². The summed E-state index contributed by atoms with van der Waals surface area (Å²) in [7, 11) is 0. The van der Waals surface area contributed by atoms with Crippen molar-refractivity contribution in [1.29, 1.82) is 5.26 Å². The van der Waals surface area contributed by atoms with E-state index in [9.17, 15) is 0 Å². The number of rotatable bonds is 2. The molecule has 74 valence electrons. The molecule has 0 aliphatic heterocycles. The van der Waals surface area contributed by atoms with Crippen LogP contribution in [0.25, 0.3) is 0 Å². The van der Waals surface area contributed by atoms with Crippen LogP contribution in [0.3, 0.4) is 0 Å². The predicted octanol–water partition coefficient (Wildman–Crippen LogP) is 3.81. The highest BCUT2D eigenvalue weighted by atomic mass is 79.9. The maximum atomic E-state index is 9.09. The van der Waals surface area contributed by atoms with Crippen LogP contribution >= 0.6 is 15.9 Å². The van der Waals surface area contributed by atoms with Gasteiger partial charge >= 0.3 is 0 Å². The molecular formula is C12H14BrN. The lowest BCUT2D eigenvalue weighted by Gasteiger charge is -2.19. The normalized spacial score (nSPS) is 11.1. The number of nitriles is 1. The Balaban J connectivity index is 3.32. The van der Waals surface area contributed by atoms with Gasteiger partial charge in [-0.25, -0.2) is 0 Å². The van der Waals surface area contributed by atoms with Crippen LogP contribution in [0.5, 0.6) is 0 Å². The zero-order chi connectivity index (χ0) is 10.8. The molecule has 0 unspecified atom stereocenters. The number of nitrogens with zero attached hydrogens (tertiary/aromatic N) is 1. The van der Waals surface area contributed by atoms with Crippen molar-refractivity contribution >= 4 is 15.9 Å². The van der Waals surface area contributed by atoms with Crippen molar-refractivity contribution in [2.24, 2.45) is 0 Å². The van der Waals surface area contributed by atoms with Crippen molar-refractivity contribution in [3.8, 4) is 6.07 Å². The lowest BCUT2D eigenvalue weighted by molar-refractivity contribution is 0.676.